The highest BCUT2D eigenvalue weighted by Gasteiger charge is 2.21. The van der Waals surface area contributed by atoms with Gasteiger partial charge in [-0.2, -0.15) is 0 Å². The molecule has 1 rings (SSSR count). The second kappa shape index (κ2) is 8.96. The third kappa shape index (κ3) is 5.73. The van der Waals surface area contributed by atoms with Crippen molar-refractivity contribution in [2.45, 2.75) is 97.6 Å². The molecule has 1 N–H and O–H groups in total. The molecule has 1 fully saturated rings. The second-order valence-corrected chi connectivity index (χ2v) is 6.56. The number of rotatable bonds is 7. The Kier molecular flexibility index (Phi) is 7.97. The van der Waals surface area contributed by atoms with Crippen molar-refractivity contribution < 1.29 is 0 Å². The molecular weight excluding hydrogens is 218 g/mol. The smallest absolute Gasteiger partial charge is 0.00695 e. The van der Waals surface area contributed by atoms with Crippen LogP contribution >= 0.6 is 0 Å². The minimum absolute atomic E-state index is 0.720. The van der Waals surface area contributed by atoms with Crippen molar-refractivity contribution in [1.29, 1.82) is 0 Å². The minimum atomic E-state index is 0.720. The van der Waals surface area contributed by atoms with E-state index in [-0.39, 0.29) is 0 Å². The Morgan fingerprint density at radius 2 is 1.56 bits per heavy atom. The van der Waals surface area contributed by atoms with Gasteiger partial charge >= 0.3 is 0 Å². The van der Waals surface area contributed by atoms with Crippen LogP contribution in [0.15, 0.2) is 0 Å². The Morgan fingerprint density at radius 3 is 2.06 bits per heavy atom. The molecule has 108 valence electrons. The van der Waals surface area contributed by atoms with E-state index < -0.39 is 0 Å². The standard InChI is InChI=1S/C17H35N/c1-5-14(3)13-17(6-2)18-15(4)16-11-9-7-8-10-12-16/h14-18H,5-13H2,1-4H3/t14?,15-,17?/m1/s1. The summed E-state index contributed by atoms with van der Waals surface area (Å²) >= 11 is 0. The molecule has 0 heterocycles. The van der Waals surface area contributed by atoms with E-state index >= 15 is 0 Å². The fourth-order valence-electron chi connectivity index (χ4n) is 3.32. The Morgan fingerprint density at radius 1 is 0.944 bits per heavy atom. The molecule has 0 radical (unpaired) electrons. The summed E-state index contributed by atoms with van der Waals surface area (Å²) in [5.74, 6) is 1.79. The lowest BCUT2D eigenvalue weighted by Gasteiger charge is -2.29. The van der Waals surface area contributed by atoms with Crippen LogP contribution in [-0.2, 0) is 0 Å². The predicted octanol–water partition coefficient (Wildman–Crippen LogP) is 5.15. The Hall–Kier alpha value is -0.0400. The molecule has 18 heavy (non-hydrogen) atoms. The molecule has 1 saturated carbocycles. The predicted molar refractivity (Wildman–Crippen MR) is 81.9 cm³/mol. The molecule has 0 amide bonds. The van der Waals surface area contributed by atoms with Crippen LogP contribution in [0.4, 0.5) is 0 Å². The van der Waals surface area contributed by atoms with E-state index in [9.17, 15) is 0 Å². The zero-order valence-electron chi connectivity index (χ0n) is 13.2. The number of hydrogen-bond donors (Lipinski definition) is 1. The molecular formula is C17H35N. The van der Waals surface area contributed by atoms with Crippen molar-refractivity contribution in [1.82, 2.24) is 5.32 Å². The third-order valence-electron chi connectivity index (χ3n) is 4.98. The van der Waals surface area contributed by atoms with Gasteiger partial charge in [0.25, 0.3) is 0 Å². The number of nitrogens with one attached hydrogen (secondary N) is 1. The maximum atomic E-state index is 3.93. The number of hydrogen-bond acceptors (Lipinski definition) is 1. The first-order chi connectivity index (χ1) is 8.67. The summed E-state index contributed by atoms with van der Waals surface area (Å²) in [6.45, 7) is 9.46. The van der Waals surface area contributed by atoms with Gasteiger partial charge < -0.3 is 5.32 Å². The zero-order chi connectivity index (χ0) is 13.4. The zero-order valence-corrected chi connectivity index (χ0v) is 13.2. The molecule has 0 aromatic carbocycles. The van der Waals surface area contributed by atoms with Crippen LogP contribution in [0.2, 0.25) is 0 Å². The fraction of sp³-hybridized carbons (Fsp3) is 1.00. The second-order valence-electron chi connectivity index (χ2n) is 6.56. The molecule has 3 atom stereocenters. The van der Waals surface area contributed by atoms with E-state index in [1.54, 1.807) is 0 Å². The molecule has 0 spiro atoms. The van der Waals surface area contributed by atoms with Crippen molar-refractivity contribution in [2.75, 3.05) is 0 Å². The fourth-order valence-corrected chi connectivity index (χ4v) is 3.32. The van der Waals surface area contributed by atoms with E-state index in [0.29, 0.717) is 0 Å². The van der Waals surface area contributed by atoms with E-state index in [4.69, 9.17) is 0 Å². The van der Waals surface area contributed by atoms with Gasteiger partial charge in [-0.3, -0.25) is 0 Å². The Balaban J connectivity index is 2.37. The topological polar surface area (TPSA) is 12.0 Å². The Labute approximate surface area is 115 Å². The highest BCUT2D eigenvalue weighted by atomic mass is 14.9. The molecule has 0 aromatic rings. The largest absolute Gasteiger partial charge is 0.311 e. The molecule has 1 aliphatic rings. The summed E-state index contributed by atoms with van der Waals surface area (Å²) in [4.78, 5) is 0. The van der Waals surface area contributed by atoms with Gasteiger partial charge in [0.15, 0.2) is 0 Å². The summed E-state index contributed by atoms with van der Waals surface area (Å²) in [5.41, 5.74) is 0. The van der Waals surface area contributed by atoms with Crippen LogP contribution < -0.4 is 5.32 Å². The first-order valence-electron chi connectivity index (χ1n) is 8.43. The lowest BCUT2D eigenvalue weighted by atomic mass is 9.90. The van der Waals surface area contributed by atoms with Gasteiger partial charge in [0.2, 0.25) is 0 Å². The van der Waals surface area contributed by atoms with Crippen molar-refractivity contribution in [3.63, 3.8) is 0 Å². The molecule has 1 nitrogen and oxygen atoms in total. The maximum absolute atomic E-state index is 3.93. The van der Waals surface area contributed by atoms with Gasteiger partial charge in [0.05, 0.1) is 0 Å². The Bertz CT molecular complexity index is 194. The minimum Gasteiger partial charge on any atom is -0.311 e. The van der Waals surface area contributed by atoms with Crippen LogP contribution in [0.5, 0.6) is 0 Å². The highest BCUT2D eigenvalue weighted by molar-refractivity contribution is 4.79. The van der Waals surface area contributed by atoms with Gasteiger partial charge in [0, 0.05) is 12.1 Å². The summed E-state index contributed by atoms with van der Waals surface area (Å²) in [6, 6.07) is 1.45. The molecule has 0 aromatic heterocycles. The van der Waals surface area contributed by atoms with Crippen molar-refractivity contribution in [2.24, 2.45) is 11.8 Å². The molecule has 0 aliphatic heterocycles. The van der Waals surface area contributed by atoms with Gasteiger partial charge in [-0.15, -0.1) is 0 Å². The van der Waals surface area contributed by atoms with E-state index in [1.165, 1.54) is 57.8 Å². The maximum Gasteiger partial charge on any atom is 0.00695 e. The van der Waals surface area contributed by atoms with Crippen molar-refractivity contribution in [3.8, 4) is 0 Å². The summed E-state index contributed by atoms with van der Waals surface area (Å²) in [5, 5.41) is 3.93. The van der Waals surface area contributed by atoms with E-state index in [1.807, 2.05) is 0 Å². The van der Waals surface area contributed by atoms with Gasteiger partial charge in [0.1, 0.15) is 0 Å². The lowest BCUT2D eigenvalue weighted by Crippen LogP contribution is -2.41. The van der Waals surface area contributed by atoms with Crippen LogP contribution in [0.1, 0.15) is 85.5 Å². The van der Waals surface area contributed by atoms with Crippen LogP contribution in [0, 0.1) is 11.8 Å². The SMILES string of the molecule is CCC(C)CC(CC)N[C@H](C)C1CCCCCC1. The highest BCUT2D eigenvalue weighted by Crippen LogP contribution is 2.26. The summed E-state index contributed by atoms with van der Waals surface area (Å²) in [6.07, 6.45) is 12.7. The molecule has 1 aliphatic carbocycles. The molecule has 0 bridgehead atoms. The monoisotopic (exact) mass is 253 g/mol. The van der Waals surface area contributed by atoms with Gasteiger partial charge in [-0.25, -0.2) is 0 Å². The summed E-state index contributed by atoms with van der Waals surface area (Å²) in [7, 11) is 0. The quantitative estimate of drug-likeness (QED) is 0.619. The van der Waals surface area contributed by atoms with Crippen LogP contribution in [-0.4, -0.2) is 12.1 Å². The molecule has 2 unspecified atom stereocenters. The van der Waals surface area contributed by atoms with E-state index in [2.05, 4.69) is 33.0 Å². The lowest BCUT2D eigenvalue weighted by molar-refractivity contribution is 0.281. The first kappa shape index (κ1) is 16.0. The molecule has 1 heteroatoms. The third-order valence-corrected chi connectivity index (χ3v) is 4.98. The van der Waals surface area contributed by atoms with Gasteiger partial charge in [-0.1, -0.05) is 52.9 Å². The van der Waals surface area contributed by atoms with Gasteiger partial charge in [-0.05, 0) is 44.4 Å². The molecule has 0 saturated heterocycles. The van der Waals surface area contributed by atoms with Crippen molar-refractivity contribution in [3.05, 3.63) is 0 Å². The van der Waals surface area contributed by atoms with Crippen molar-refractivity contribution >= 4 is 0 Å². The van der Waals surface area contributed by atoms with Crippen LogP contribution in [0.3, 0.4) is 0 Å². The van der Waals surface area contributed by atoms with E-state index in [0.717, 1.165) is 23.9 Å². The first-order valence-corrected chi connectivity index (χ1v) is 8.43. The average molecular weight is 253 g/mol. The van der Waals surface area contributed by atoms with Crippen LogP contribution in [0.25, 0.3) is 0 Å². The summed E-state index contributed by atoms with van der Waals surface area (Å²) < 4.78 is 0. The average Bonchev–Trinajstić information content (AvgIpc) is 2.66. The normalized spacial score (nSPS) is 23.3.